The van der Waals surface area contributed by atoms with Gasteiger partial charge < -0.3 is 5.32 Å². The van der Waals surface area contributed by atoms with Gasteiger partial charge in [-0.3, -0.25) is 0 Å². The van der Waals surface area contributed by atoms with E-state index in [0.717, 1.165) is 21.4 Å². The Bertz CT molecular complexity index is 474. The molecule has 1 N–H and O–H groups in total. The molecule has 2 aromatic rings. The van der Waals surface area contributed by atoms with Crippen molar-refractivity contribution in [2.24, 2.45) is 0 Å². The van der Waals surface area contributed by atoms with Gasteiger partial charge in [0, 0.05) is 18.8 Å². The van der Waals surface area contributed by atoms with Crippen molar-refractivity contribution in [1.29, 1.82) is 0 Å². The first-order chi connectivity index (χ1) is 7.81. The van der Waals surface area contributed by atoms with Crippen molar-refractivity contribution in [2.45, 2.75) is 17.0 Å². The number of anilines is 1. The Hall–Kier alpha value is -1.69. The molecule has 0 radical (unpaired) electrons. The van der Waals surface area contributed by atoms with Crippen molar-refractivity contribution in [3.05, 3.63) is 30.5 Å². The minimum absolute atomic E-state index is 0.839. The van der Waals surface area contributed by atoms with E-state index < -0.39 is 0 Å². The molecule has 0 aliphatic heterocycles. The van der Waals surface area contributed by atoms with Crippen LogP contribution >= 0.6 is 11.8 Å². The van der Waals surface area contributed by atoms with Crippen molar-refractivity contribution in [2.75, 3.05) is 12.4 Å². The van der Waals surface area contributed by atoms with Crippen LogP contribution in [0.1, 0.15) is 5.56 Å². The molecule has 0 aliphatic rings. The summed E-state index contributed by atoms with van der Waals surface area (Å²) < 4.78 is 0. The fourth-order valence-corrected chi connectivity index (χ4v) is 2.00. The van der Waals surface area contributed by atoms with Crippen molar-refractivity contribution in [3.63, 3.8) is 0 Å². The van der Waals surface area contributed by atoms with Gasteiger partial charge in [-0.05, 0) is 24.8 Å². The Morgan fingerprint density at radius 1 is 1.19 bits per heavy atom. The topological polar surface area (TPSA) is 63.6 Å². The number of rotatable bonds is 3. The molecule has 2 rings (SSSR count). The molecule has 0 saturated heterocycles. The summed E-state index contributed by atoms with van der Waals surface area (Å²) in [5.41, 5.74) is 1.02. The van der Waals surface area contributed by atoms with Crippen LogP contribution < -0.4 is 5.32 Å². The van der Waals surface area contributed by atoms with E-state index in [1.807, 2.05) is 20.0 Å². The van der Waals surface area contributed by atoms with E-state index in [0.29, 0.717) is 0 Å². The van der Waals surface area contributed by atoms with Crippen molar-refractivity contribution >= 4 is 17.6 Å². The first kappa shape index (κ1) is 10.8. The van der Waals surface area contributed by atoms with Crippen LogP contribution in [0.3, 0.4) is 0 Å². The summed E-state index contributed by atoms with van der Waals surface area (Å²) in [6, 6.07) is 1.85. The van der Waals surface area contributed by atoms with E-state index >= 15 is 0 Å². The highest BCUT2D eigenvalue weighted by Crippen LogP contribution is 2.28. The summed E-state index contributed by atoms with van der Waals surface area (Å²) in [6.45, 7) is 1.98. The van der Waals surface area contributed by atoms with Crippen LogP contribution in [0.4, 0.5) is 5.82 Å². The van der Waals surface area contributed by atoms with Crippen LogP contribution in [0.5, 0.6) is 0 Å². The fraction of sp³-hybridized carbons (Fsp3) is 0.200. The number of hydrogen-bond donors (Lipinski definition) is 1. The average molecular weight is 233 g/mol. The van der Waals surface area contributed by atoms with Crippen molar-refractivity contribution in [3.8, 4) is 0 Å². The third kappa shape index (κ3) is 2.27. The molecule has 2 heterocycles. The van der Waals surface area contributed by atoms with Gasteiger partial charge in [0.25, 0.3) is 0 Å². The molecule has 16 heavy (non-hydrogen) atoms. The predicted octanol–water partition coefficient (Wildman–Crippen LogP) is 1.77. The third-order valence-electron chi connectivity index (χ3n) is 2.03. The molecular formula is C10H11N5S. The van der Waals surface area contributed by atoms with Crippen molar-refractivity contribution < 1.29 is 0 Å². The minimum Gasteiger partial charge on any atom is -0.373 e. The third-order valence-corrected chi connectivity index (χ3v) is 3.09. The first-order valence-electron chi connectivity index (χ1n) is 4.74. The van der Waals surface area contributed by atoms with Gasteiger partial charge in [0.2, 0.25) is 0 Å². The van der Waals surface area contributed by atoms with E-state index in [2.05, 4.69) is 25.3 Å². The zero-order valence-corrected chi connectivity index (χ0v) is 9.82. The van der Waals surface area contributed by atoms with Crippen LogP contribution in [0, 0.1) is 6.92 Å². The number of nitrogens with zero attached hydrogens (tertiary/aromatic N) is 4. The van der Waals surface area contributed by atoms with Gasteiger partial charge in [-0.2, -0.15) is 0 Å². The molecule has 0 aliphatic carbocycles. The van der Waals surface area contributed by atoms with Crippen LogP contribution in [0.2, 0.25) is 0 Å². The minimum atomic E-state index is 0.839. The van der Waals surface area contributed by atoms with E-state index in [1.165, 1.54) is 18.1 Å². The van der Waals surface area contributed by atoms with Crippen LogP contribution in [0.15, 0.2) is 35.0 Å². The lowest BCUT2D eigenvalue weighted by molar-refractivity contribution is 0.990. The van der Waals surface area contributed by atoms with Gasteiger partial charge in [0.05, 0.1) is 0 Å². The second-order valence-electron chi connectivity index (χ2n) is 3.05. The molecule has 0 amide bonds. The zero-order valence-electron chi connectivity index (χ0n) is 9.01. The van der Waals surface area contributed by atoms with Crippen LogP contribution in [0.25, 0.3) is 0 Å². The van der Waals surface area contributed by atoms with Crippen LogP contribution in [-0.4, -0.2) is 27.0 Å². The molecule has 82 valence electrons. The van der Waals surface area contributed by atoms with Gasteiger partial charge in [-0.15, -0.1) is 0 Å². The number of nitrogens with one attached hydrogen (secondary N) is 1. The van der Waals surface area contributed by atoms with E-state index in [9.17, 15) is 0 Å². The molecule has 6 heteroatoms. The Kier molecular flexibility index (Phi) is 3.31. The lowest BCUT2D eigenvalue weighted by Crippen LogP contribution is -1.98. The smallest absolute Gasteiger partial charge is 0.133 e. The maximum absolute atomic E-state index is 4.23. The van der Waals surface area contributed by atoms with Gasteiger partial charge >= 0.3 is 0 Å². The summed E-state index contributed by atoms with van der Waals surface area (Å²) in [4.78, 5) is 16.4. The second kappa shape index (κ2) is 4.89. The normalized spacial score (nSPS) is 10.1. The summed E-state index contributed by atoms with van der Waals surface area (Å²) in [5.74, 6) is 0.839. The number of hydrogen-bond acceptors (Lipinski definition) is 6. The Morgan fingerprint density at radius 3 is 2.75 bits per heavy atom. The molecule has 0 unspecified atom stereocenters. The standard InChI is InChI=1S/C10H11N5S/c1-7-9(11-2)14-6-15-10(7)16-8-3-4-12-5-13-8/h3-6H,1-2H3,(H,11,14,15). The molecule has 2 aromatic heterocycles. The van der Waals surface area contributed by atoms with Crippen molar-refractivity contribution in [1.82, 2.24) is 19.9 Å². The van der Waals surface area contributed by atoms with Gasteiger partial charge in [-0.25, -0.2) is 19.9 Å². The summed E-state index contributed by atoms with van der Waals surface area (Å²) in [6.07, 6.45) is 4.78. The second-order valence-corrected chi connectivity index (χ2v) is 4.06. The Morgan fingerprint density at radius 2 is 2.06 bits per heavy atom. The Labute approximate surface area is 97.8 Å². The lowest BCUT2D eigenvalue weighted by Gasteiger charge is -2.07. The maximum Gasteiger partial charge on any atom is 0.133 e. The van der Waals surface area contributed by atoms with Gasteiger partial charge in [0.1, 0.15) is 28.5 Å². The molecule has 0 atom stereocenters. The number of aromatic nitrogens is 4. The van der Waals surface area contributed by atoms with E-state index in [-0.39, 0.29) is 0 Å². The average Bonchev–Trinajstić information content (AvgIpc) is 2.33. The van der Waals surface area contributed by atoms with Gasteiger partial charge in [0.15, 0.2) is 0 Å². The largest absolute Gasteiger partial charge is 0.373 e. The van der Waals surface area contributed by atoms with E-state index in [1.54, 1.807) is 12.5 Å². The molecular weight excluding hydrogens is 222 g/mol. The molecule has 0 spiro atoms. The molecule has 0 saturated carbocycles. The van der Waals surface area contributed by atoms with E-state index in [4.69, 9.17) is 0 Å². The first-order valence-corrected chi connectivity index (χ1v) is 5.56. The van der Waals surface area contributed by atoms with Crippen LogP contribution in [-0.2, 0) is 0 Å². The SMILES string of the molecule is CNc1ncnc(Sc2ccncn2)c1C. The zero-order chi connectivity index (χ0) is 11.4. The molecule has 0 fully saturated rings. The predicted molar refractivity (Wildman–Crippen MR) is 62.5 cm³/mol. The quantitative estimate of drug-likeness (QED) is 0.815. The Balaban J connectivity index is 2.28. The highest BCUT2D eigenvalue weighted by Gasteiger charge is 2.07. The summed E-state index contributed by atoms with van der Waals surface area (Å²) in [5, 5.41) is 4.80. The molecule has 0 aromatic carbocycles. The fourth-order valence-electron chi connectivity index (χ4n) is 1.23. The monoisotopic (exact) mass is 233 g/mol. The highest BCUT2D eigenvalue weighted by molar-refractivity contribution is 7.99. The summed E-state index contributed by atoms with van der Waals surface area (Å²) >= 11 is 1.50. The maximum atomic E-state index is 4.23. The molecule has 0 bridgehead atoms. The summed E-state index contributed by atoms with van der Waals surface area (Å²) in [7, 11) is 1.84. The van der Waals surface area contributed by atoms with Gasteiger partial charge in [-0.1, -0.05) is 0 Å². The lowest BCUT2D eigenvalue weighted by atomic mass is 10.3. The highest BCUT2D eigenvalue weighted by atomic mass is 32.2. The molecule has 5 nitrogen and oxygen atoms in total.